The molecule has 0 amide bonds. The molecule has 1 aliphatic rings. The van der Waals surface area contributed by atoms with Gasteiger partial charge in [0.2, 0.25) is 0 Å². The number of halogens is 2. The first-order valence-electron chi connectivity index (χ1n) is 9.10. The lowest BCUT2D eigenvalue weighted by atomic mass is 9.93. The molecule has 0 aliphatic carbocycles. The molecule has 0 fully saturated rings. The van der Waals surface area contributed by atoms with Crippen molar-refractivity contribution in [2.75, 3.05) is 19.5 Å². The third-order valence-corrected chi connectivity index (χ3v) is 5.06. The molecule has 3 aromatic rings. The summed E-state index contributed by atoms with van der Waals surface area (Å²) in [6, 6.07) is 28.2. The first-order valence-corrected chi connectivity index (χ1v) is 9.10. The highest BCUT2D eigenvalue weighted by Crippen LogP contribution is 2.35. The highest BCUT2D eigenvalue weighted by atomic mass is 35.5. The van der Waals surface area contributed by atoms with Gasteiger partial charge in [0.1, 0.15) is 0 Å². The highest BCUT2D eigenvalue weighted by Gasteiger charge is 2.28. The first kappa shape index (κ1) is 22.3. The summed E-state index contributed by atoms with van der Waals surface area (Å²) in [5, 5.41) is 0. The fourth-order valence-electron chi connectivity index (χ4n) is 3.90. The molecule has 148 valence electrons. The number of rotatable bonds is 3. The van der Waals surface area contributed by atoms with Crippen molar-refractivity contribution in [2.45, 2.75) is 19.1 Å². The second-order valence-electron chi connectivity index (χ2n) is 7.16. The lowest BCUT2D eigenvalue weighted by molar-refractivity contribution is 0.126. The average molecular weight is 416 g/mol. The van der Waals surface area contributed by atoms with Gasteiger partial charge >= 0.3 is 0 Å². The van der Waals surface area contributed by atoms with E-state index in [-0.39, 0.29) is 30.9 Å². The van der Waals surface area contributed by atoms with E-state index in [0.29, 0.717) is 0 Å². The Bertz CT molecular complexity index is 869. The van der Waals surface area contributed by atoms with Crippen molar-refractivity contribution >= 4 is 30.5 Å². The Labute approximate surface area is 180 Å². The van der Waals surface area contributed by atoms with E-state index in [1.807, 2.05) is 12.1 Å². The van der Waals surface area contributed by atoms with Crippen LogP contribution in [-0.2, 0) is 13.1 Å². The number of nitrogens with zero attached hydrogens (tertiary/aromatic N) is 2. The molecule has 1 aliphatic heterocycles. The quantitative estimate of drug-likeness (QED) is 0.603. The summed E-state index contributed by atoms with van der Waals surface area (Å²) in [5.41, 5.74) is 12.1. The van der Waals surface area contributed by atoms with Crippen LogP contribution in [-0.4, -0.2) is 23.5 Å². The molecule has 5 heteroatoms. The molecule has 0 bridgehead atoms. The summed E-state index contributed by atoms with van der Waals surface area (Å²) in [5.74, 6) is 0. The minimum Gasteiger partial charge on any atom is -0.399 e. The van der Waals surface area contributed by atoms with E-state index in [4.69, 9.17) is 5.73 Å². The normalized spacial score (nSPS) is 17.0. The molecule has 1 unspecified atom stereocenters. The largest absolute Gasteiger partial charge is 0.399 e. The molecule has 2 N–H and O–H groups in total. The van der Waals surface area contributed by atoms with Crippen LogP contribution >= 0.6 is 24.8 Å². The van der Waals surface area contributed by atoms with Gasteiger partial charge in [-0.1, -0.05) is 66.7 Å². The van der Waals surface area contributed by atoms with Crippen molar-refractivity contribution in [3.8, 4) is 0 Å². The molecule has 1 heterocycles. The zero-order chi connectivity index (χ0) is 17.9. The molecule has 0 radical (unpaired) electrons. The summed E-state index contributed by atoms with van der Waals surface area (Å²) in [7, 11) is 2.19. The fraction of sp³-hybridized carbons (Fsp3) is 0.217. The number of fused-ring (bicyclic) bond motifs is 1. The minimum absolute atomic E-state index is 0. The van der Waals surface area contributed by atoms with Crippen molar-refractivity contribution in [3.63, 3.8) is 0 Å². The summed E-state index contributed by atoms with van der Waals surface area (Å²) in [6.45, 7) is 2.77. The van der Waals surface area contributed by atoms with E-state index < -0.39 is 0 Å². The molecule has 3 nitrogen and oxygen atoms in total. The Hall–Kier alpha value is -2.04. The van der Waals surface area contributed by atoms with Crippen LogP contribution in [0.2, 0.25) is 0 Å². The summed E-state index contributed by atoms with van der Waals surface area (Å²) >= 11 is 0. The molecule has 0 aromatic heterocycles. The molecule has 0 saturated heterocycles. The lowest BCUT2D eigenvalue weighted by Crippen LogP contribution is -2.35. The van der Waals surface area contributed by atoms with Gasteiger partial charge in [-0.15, -0.1) is 24.8 Å². The van der Waals surface area contributed by atoms with E-state index in [9.17, 15) is 0 Å². The first-order chi connectivity index (χ1) is 12.7. The van der Waals surface area contributed by atoms with Crippen LogP contribution in [0, 0.1) is 0 Å². The predicted octanol–water partition coefficient (Wildman–Crippen LogP) is 5.11. The number of nitrogen functional groups attached to an aromatic ring is 1. The van der Waals surface area contributed by atoms with Crippen LogP contribution < -0.4 is 5.73 Å². The van der Waals surface area contributed by atoms with Gasteiger partial charge in [0.15, 0.2) is 0 Å². The van der Waals surface area contributed by atoms with Crippen LogP contribution in [0.15, 0.2) is 78.9 Å². The molecule has 28 heavy (non-hydrogen) atoms. The van der Waals surface area contributed by atoms with Gasteiger partial charge in [-0.3, -0.25) is 9.80 Å². The van der Waals surface area contributed by atoms with Crippen LogP contribution in [0.25, 0.3) is 0 Å². The molecular formula is C23H27Cl2N3. The maximum Gasteiger partial charge on any atom is 0.0619 e. The topological polar surface area (TPSA) is 32.5 Å². The molecule has 3 aromatic carbocycles. The summed E-state index contributed by atoms with van der Waals surface area (Å²) in [6.07, 6.45) is 0. The predicted molar refractivity (Wildman–Crippen MR) is 122 cm³/mol. The highest BCUT2D eigenvalue weighted by molar-refractivity contribution is 5.85. The number of hydrogen-bond donors (Lipinski definition) is 1. The second kappa shape index (κ2) is 9.94. The zero-order valence-electron chi connectivity index (χ0n) is 16.0. The molecule has 1 atom stereocenters. The van der Waals surface area contributed by atoms with Crippen LogP contribution in [0.4, 0.5) is 5.69 Å². The molecular weight excluding hydrogens is 389 g/mol. The molecule has 0 spiro atoms. The number of nitrogens with two attached hydrogens (primary N) is 1. The van der Waals surface area contributed by atoms with E-state index in [0.717, 1.165) is 25.4 Å². The van der Waals surface area contributed by atoms with E-state index in [1.165, 1.54) is 22.3 Å². The van der Waals surface area contributed by atoms with Crippen molar-refractivity contribution in [1.29, 1.82) is 0 Å². The molecule has 0 saturated carbocycles. The Kier molecular flexibility index (Phi) is 7.90. The Morgan fingerprint density at radius 3 is 2.21 bits per heavy atom. The van der Waals surface area contributed by atoms with Gasteiger partial charge in [-0.2, -0.15) is 0 Å². The van der Waals surface area contributed by atoms with Gasteiger partial charge in [-0.25, -0.2) is 0 Å². The van der Waals surface area contributed by atoms with Crippen molar-refractivity contribution in [3.05, 3.63) is 101 Å². The summed E-state index contributed by atoms with van der Waals surface area (Å²) < 4.78 is 0. The number of anilines is 1. The number of hydrogen-bond acceptors (Lipinski definition) is 3. The monoisotopic (exact) mass is 415 g/mol. The fourth-order valence-corrected chi connectivity index (χ4v) is 3.90. The average Bonchev–Trinajstić information content (AvgIpc) is 2.79. The van der Waals surface area contributed by atoms with Crippen LogP contribution in [0.5, 0.6) is 0 Å². The van der Waals surface area contributed by atoms with Gasteiger partial charge in [0.05, 0.1) is 12.7 Å². The van der Waals surface area contributed by atoms with Crippen LogP contribution in [0.3, 0.4) is 0 Å². The van der Waals surface area contributed by atoms with E-state index in [2.05, 4.69) is 83.6 Å². The van der Waals surface area contributed by atoms with Gasteiger partial charge < -0.3 is 5.73 Å². The maximum atomic E-state index is 5.87. The lowest BCUT2D eigenvalue weighted by Gasteiger charge is -2.33. The maximum absolute atomic E-state index is 5.87. The SMILES string of the molecule is CN1Cc2ccccc2C(c2ccccc2)N(Cc2ccc(N)cc2)C1.Cl.Cl. The van der Waals surface area contributed by atoms with E-state index in [1.54, 1.807) is 0 Å². The van der Waals surface area contributed by atoms with Crippen LogP contribution in [0.1, 0.15) is 28.3 Å². The molecule has 4 rings (SSSR count). The Morgan fingerprint density at radius 1 is 0.857 bits per heavy atom. The van der Waals surface area contributed by atoms with Gasteiger partial charge in [-0.05, 0) is 41.4 Å². The van der Waals surface area contributed by atoms with E-state index >= 15 is 0 Å². The zero-order valence-corrected chi connectivity index (χ0v) is 17.6. The second-order valence-corrected chi connectivity index (χ2v) is 7.16. The van der Waals surface area contributed by atoms with Gasteiger partial charge in [0.25, 0.3) is 0 Å². The standard InChI is InChI=1S/C23H25N3.2ClH/c1-25-16-20-9-5-6-10-22(20)23(19-7-3-2-4-8-19)26(17-25)15-18-11-13-21(24)14-12-18;;/h2-14,23H,15-17,24H2,1H3;2*1H. The Balaban J connectivity index is 0.00000140. The Morgan fingerprint density at radius 2 is 1.50 bits per heavy atom. The smallest absolute Gasteiger partial charge is 0.0619 e. The number of benzene rings is 3. The third kappa shape index (κ3) is 4.86. The minimum atomic E-state index is 0. The van der Waals surface area contributed by atoms with Crippen molar-refractivity contribution in [2.24, 2.45) is 0 Å². The van der Waals surface area contributed by atoms with Crippen molar-refractivity contribution < 1.29 is 0 Å². The third-order valence-electron chi connectivity index (χ3n) is 5.06. The van der Waals surface area contributed by atoms with Gasteiger partial charge in [0, 0.05) is 18.8 Å². The summed E-state index contributed by atoms with van der Waals surface area (Å²) in [4.78, 5) is 4.94. The van der Waals surface area contributed by atoms with Crippen molar-refractivity contribution in [1.82, 2.24) is 9.80 Å².